The lowest BCUT2D eigenvalue weighted by Crippen LogP contribution is -3.09. The summed E-state index contributed by atoms with van der Waals surface area (Å²) in [4.78, 5) is 13.3. The predicted molar refractivity (Wildman–Crippen MR) is 104 cm³/mol. The zero-order valence-corrected chi connectivity index (χ0v) is 15.8. The van der Waals surface area contributed by atoms with Crippen LogP contribution in [0.3, 0.4) is 0 Å². The molecule has 1 heterocycles. The normalized spacial score (nSPS) is 12.6. The maximum absolute atomic E-state index is 11.9. The number of rotatable bonds is 7. The minimum atomic E-state index is -0.271. The Balaban J connectivity index is 1.78. The number of quaternary nitrogens is 2. The molecule has 0 aliphatic rings. The molecule has 4 nitrogen and oxygen atoms in total. The van der Waals surface area contributed by atoms with Crippen LogP contribution in [0.1, 0.15) is 29.7 Å². The summed E-state index contributed by atoms with van der Waals surface area (Å²) in [5.74, 6) is 0. The van der Waals surface area contributed by atoms with Gasteiger partial charge in [-0.15, -0.1) is 0 Å². The minimum Gasteiger partial charge on any atom is -0.423 e. The highest BCUT2D eigenvalue weighted by Crippen LogP contribution is 2.18. The Morgan fingerprint density at radius 3 is 2.54 bits per heavy atom. The molecule has 136 valence electrons. The van der Waals surface area contributed by atoms with Gasteiger partial charge in [0.1, 0.15) is 18.7 Å². The third-order valence-electron chi connectivity index (χ3n) is 4.97. The highest BCUT2D eigenvalue weighted by atomic mass is 16.4. The maximum Gasteiger partial charge on any atom is 0.336 e. The summed E-state index contributed by atoms with van der Waals surface area (Å²) in [5, 5.41) is 3.32. The lowest BCUT2D eigenvalue weighted by molar-refractivity contribution is -0.910. The first kappa shape index (κ1) is 18.4. The molecular weight excluding hydrogens is 324 g/mol. The van der Waals surface area contributed by atoms with Crippen LogP contribution in [-0.4, -0.2) is 20.6 Å². The number of benzene rings is 2. The minimum absolute atomic E-state index is 0.271. The molecule has 1 atom stereocenters. The van der Waals surface area contributed by atoms with E-state index < -0.39 is 0 Å². The van der Waals surface area contributed by atoms with Crippen molar-refractivity contribution in [3.63, 3.8) is 0 Å². The molecule has 0 unspecified atom stereocenters. The first-order chi connectivity index (χ1) is 12.6. The van der Waals surface area contributed by atoms with Crippen molar-refractivity contribution in [2.45, 2.75) is 25.9 Å². The van der Waals surface area contributed by atoms with Crippen LogP contribution in [0, 0.1) is 0 Å². The van der Waals surface area contributed by atoms with Crippen molar-refractivity contribution in [3.05, 3.63) is 81.7 Å². The molecule has 0 radical (unpaired) electrons. The molecule has 3 rings (SSSR count). The number of nitrogens with two attached hydrogens (primary N) is 1. The van der Waals surface area contributed by atoms with Gasteiger partial charge in [0.05, 0.1) is 14.1 Å². The SMILES string of the molecule is CCc1ccc2c(C[NH2+]C[C@H](c3ccccc3)[NH+](C)C)cc(=O)oc2c1. The Labute approximate surface area is 154 Å². The molecule has 0 bridgehead atoms. The average molecular weight is 352 g/mol. The monoisotopic (exact) mass is 352 g/mol. The van der Waals surface area contributed by atoms with Crippen molar-refractivity contribution in [2.24, 2.45) is 0 Å². The van der Waals surface area contributed by atoms with Crippen LogP contribution >= 0.6 is 0 Å². The van der Waals surface area contributed by atoms with E-state index >= 15 is 0 Å². The molecule has 0 fully saturated rings. The molecule has 0 aliphatic heterocycles. The Morgan fingerprint density at radius 1 is 1.08 bits per heavy atom. The second-order valence-electron chi connectivity index (χ2n) is 7.04. The average Bonchev–Trinajstić information content (AvgIpc) is 2.64. The number of hydrogen-bond donors (Lipinski definition) is 2. The summed E-state index contributed by atoms with van der Waals surface area (Å²) in [6, 6.07) is 18.8. The van der Waals surface area contributed by atoms with Gasteiger partial charge in [0.25, 0.3) is 0 Å². The number of hydrogen-bond acceptors (Lipinski definition) is 2. The standard InChI is InChI=1S/C22H26N2O2/c1-4-16-10-11-19-18(13-22(25)26-21(19)12-16)14-23-15-20(24(2)3)17-8-6-5-7-9-17/h5-13,20,23H,4,14-15H2,1-3H3/p+2/t20-/m1/s1. The topological polar surface area (TPSA) is 51.3 Å². The third kappa shape index (κ3) is 4.21. The van der Waals surface area contributed by atoms with Gasteiger partial charge in [-0.1, -0.05) is 49.4 Å². The smallest absolute Gasteiger partial charge is 0.336 e. The summed E-state index contributed by atoms with van der Waals surface area (Å²) in [7, 11) is 4.37. The van der Waals surface area contributed by atoms with Gasteiger partial charge < -0.3 is 14.6 Å². The van der Waals surface area contributed by atoms with E-state index in [9.17, 15) is 4.79 Å². The summed E-state index contributed by atoms with van der Waals surface area (Å²) in [6.07, 6.45) is 0.931. The second-order valence-corrected chi connectivity index (χ2v) is 7.04. The van der Waals surface area contributed by atoms with E-state index in [0.717, 1.165) is 30.5 Å². The zero-order valence-electron chi connectivity index (χ0n) is 15.8. The highest BCUT2D eigenvalue weighted by molar-refractivity contribution is 5.80. The van der Waals surface area contributed by atoms with Crippen LogP contribution in [0.4, 0.5) is 0 Å². The van der Waals surface area contributed by atoms with E-state index in [0.29, 0.717) is 11.6 Å². The van der Waals surface area contributed by atoms with Crippen LogP contribution in [0.25, 0.3) is 11.0 Å². The van der Waals surface area contributed by atoms with Crippen LogP contribution in [0.15, 0.2) is 63.8 Å². The van der Waals surface area contributed by atoms with Crippen molar-refractivity contribution < 1.29 is 14.6 Å². The lowest BCUT2D eigenvalue weighted by Gasteiger charge is -2.20. The van der Waals surface area contributed by atoms with Crippen molar-refractivity contribution in [1.82, 2.24) is 0 Å². The van der Waals surface area contributed by atoms with Gasteiger partial charge in [-0.3, -0.25) is 0 Å². The van der Waals surface area contributed by atoms with Crippen LogP contribution in [0.2, 0.25) is 0 Å². The molecule has 0 saturated heterocycles. The first-order valence-electron chi connectivity index (χ1n) is 9.30. The van der Waals surface area contributed by atoms with E-state index in [-0.39, 0.29) is 5.63 Å². The number of fused-ring (bicyclic) bond motifs is 1. The summed E-state index contributed by atoms with van der Waals surface area (Å²) < 4.78 is 5.41. The predicted octanol–water partition coefficient (Wildman–Crippen LogP) is 1.30. The fourth-order valence-electron chi connectivity index (χ4n) is 3.46. The molecule has 0 saturated carbocycles. The summed E-state index contributed by atoms with van der Waals surface area (Å²) >= 11 is 0. The van der Waals surface area contributed by atoms with E-state index in [1.54, 1.807) is 6.07 Å². The van der Waals surface area contributed by atoms with Crippen LogP contribution in [-0.2, 0) is 13.0 Å². The molecule has 0 spiro atoms. The fraction of sp³-hybridized carbons (Fsp3) is 0.318. The second kappa shape index (κ2) is 8.30. The Bertz CT molecular complexity index is 916. The van der Waals surface area contributed by atoms with E-state index in [2.05, 4.69) is 68.8 Å². The fourth-order valence-corrected chi connectivity index (χ4v) is 3.46. The molecule has 1 aromatic heterocycles. The maximum atomic E-state index is 11.9. The Hall–Kier alpha value is -2.43. The largest absolute Gasteiger partial charge is 0.423 e. The number of aryl methyl sites for hydroxylation is 1. The van der Waals surface area contributed by atoms with Crippen LogP contribution in [0.5, 0.6) is 0 Å². The van der Waals surface area contributed by atoms with Gasteiger partial charge in [0.2, 0.25) is 0 Å². The third-order valence-corrected chi connectivity index (χ3v) is 4.97. The van der Waals surface area contributed by atoms with Gasteiger partial charge in [-0.25, -0.2) is 4.79 Å². The van der Waals surface area contributed by atoms with Crippen LogP contribution < -0.4 is 15.8 Å². The van der Waals surface area contributed by atoms with Gasteiger partial charge >= 0.3 is 5.63 Å². The van der Waals surface area contributed by atoms with Crippen molar-refractivity contribution in [2.75, 3.05) is 20.6 Å². The lowest BCUT2D eigenvalue weighted by atomic mass is 10.0. The van der Waals surface area contributed by atoms with Gasteiger partial charge in [-0.2, -0.15) is 0 Å². The van der Waals surface area contributed by atoms with E-state index in [1.165, 1.54) is 16.0 Å². The molecular formula is C22H28N2O2+2. The first-order valence-corrected chi connectivity index (χ1v) is 9.30. The van der Waals surface area contributed by atoms with Crippen molar-refractivity contribution >= 4 is 11.0 Å². The van der Waals surface area contributed by atoms with E-state index in [1.807, 2.05) is 6.07 Å². The quantitative estimate of drug-likeness (QED) is 0.630. The number of likely N-dealkylation sites (N-methyl/N-ethyl adjacent to an activating group) is 1. The van der Waals surface area contributed by atoms with Crippen molar-refractivity contribution in [3.8, 4) is 0 Å². The van der Waals surface area contributed by atoms with Gasteiger partial charge in [0.15, 0.2) is 6.04 Å². The Kier molecular flexibility index (Phi) is 5.86. The van der Waals surface area contributed by atoms with Gasteiger partial charge in [0, 0.05) is 22.6 Å². The molecule has 4 heteroatoms. The molecule has 26 heavy (non-hydrogen) atoms. The highest BCUT2D eigenvalue weighted by Gasteiger charge is 2.19. The number of nitrogens with one attached hydrogen (secondary N) is 1. The zero-order chi connectivity index (χ0) is 18.5. The van der Waals surface area contributed by atoms with E-state index in [4.69, 9.17) is 4.42 Å². The Morgan fingerprint density at radius 2 is 1.85 bits per heavy atom. The molecule has 3 N–H and O–H groups in total. The molecule has 3 aromatic rings. The van der Waals surface area contributed by atoms with Gasteiger partial charge in [-0.05, 0) is 18.1 Å². The molecule has 0 amide bonds. The molecule has 0 aliphatic carbocycles. The summed E-state index contributed by atoms with van der Waals surface area (Å²) in [5.41, 5.74) is 3.99. The van der Waals surface area contributed by atoms with Crippen molar-refractivity contribution in [1.29, 1.82) is 0 Å². The summed E-state index contributed by atoms with van der Waals surface area (Å²) in [6.45, 7) is 3.83. The molecule has 2 aromatic carbocycles.